The summed E-state index contributed by atoms with van der Waals surface area (Å²) in [4.78, 5) is 11.4. The number of aliphatic hydroxyl groups is 1. The van der Waals surface area contributed by atoms with Crippen LogP contribution in [0.3, 0.4) is 0 Å². The Balaban J connectivity index is 2.87. The average molecular weight is 207 g/mol. The Labute approximate surface area is 89.7 Å². The summed E-state index contributed by atoms with van der Waals surface area (Å²) in [7, 11) is 0. The molecule has 1 N–H and O–H groups in total. The van der Waals surface area contributed by atoms with E-state index < -0.39 is 0 Å². The van der Waals surface area contributed by atoms with Crippen molar-refractivity contribution >= 4 is 5.97 Å². The molecule has 0 spiro atoms. The van der Waals surface area contributed by atoms with Gasteiger partial charge in [-0.2, -0.15) is 0 Å². The maximum Gasteiger partial charge on any atom is 0.338 e. The molecule has 0 heterocycles. The molecular formula is C12H15O3. The molecule has 1 aromatic carbocycles. The van der Waals surface area contributed by atoms with Gasteiger partial charge in [-0.3, -0.25) is 0 Å². The van der Waals surface area contributed by atoms with Crippen molar-refractivity contribution in [1.82, 2.24) is 0 Å². The molecule has 0 saturated heterocycles. The van der Waals surface area contributed by atoms with Crippen LogP contribution in [-0.4, -0.2) is 24.3 Å². The lowest BCUT2D eigenvalue weighted by Gasteiger charge is -2.08. The van der Waals surface area contributed by atoms with Crippen LogP contribution in [0.15, 0.2) is 24.3 Å². The molecule has 0 bridgehead atoms. The van der Waals surface area contributed by atoms with E-state index in [1.54, 1.807) is 25.1 Å². The lowest BCUT2D eigenvalue weighted by Crippen LogP contribution is -2.07. The molecule has 3 heteroatoms. The Bertz CT molecular complexity index is 333. The predicted octanol–water partition coefficient (Wildman–Crippen LogP) is 1.80. The Morgan fingerprint density at radius 3 is 2.67 bits per heavy atom. The van der Waals surface area contributed by atoms with Gasteiger partial charge in [0.2, 0.25) is 0 Å². The van der Waals surface area contributed by atoms with Crippen molar-refractivity contribution in [2.45, 2.75) is 13.8 Å². The summed E-state index contributed by atoms with van der Waals surface area (Å²) >= 11 is 0. The summed E-state index contributed by atoms with van der Waals surface area (Å²) in [6.07, 6.45) is 0. The highest BCUT2D eigenvalue weighted by molar-refractivity contribution is 5.89. The normalized spacial score (nSPS) is 10.4. The molecule has 0 aliphatic heterocycles. The third-order valence-electron chi connectivity index (χ3n) is 2.10. The van der Waals surface area contributed by atoms with Crippen LogP contribution in [0.25, 0.3) is 0 Å². The highest BCUT2D eigenvalue weighted by atomic mass is 16.5. The molecule has 15 heavy (non-hydrogen) atoms. The molecule has 1 aromatic rings. The van der Waals surface area contributed by atoms with Crippen molar-refractivity contribution in [2.24, 2.45) is 0 Å². The van der Waals surface area contributed by atoms with Gasteiger partial charge in [0, 0.05) is 5.92 Å². The minimum absolute atomic E-state index is 0.00766. The van der Waals surface area contributed by atoms with E-state index in [-0.39, 0.29) is 12.6 Å². The Morgan fingerprint density at radius 1 is 1.40 bits per heavy atom. The average Bonchev–Trinajstić information content (AvgIpc) is 2.28. The fraction of sp³-hybridized carbons (Fsp3) is 0.333. The van der Waals surface area contributed by atoms with Gasteiger partial charge in [-0.1, -0.05) is 19.1 Å². The predicted molar refractivity (Wildman–Crippen MR) is 57.5 cm³/mol. The van der Waals surface area contributed by atoms with E-state index in [9.17, 15) is 4.79 Å². The fourth-order valence-corrected chi connectivity index (χ4v) is 1.22. The highest BCUT2D eigenvalue weighted by Crippen LogP contribution is 2.15. The van der Waals surface area contributed by atoms with Crippen LogP contribution in [0.4, 0.5) is 0 Å². The zero-order valence-electron chi connectivity index (χ0n) is 8.99. The Kier molecular flexibility index (Phi) is 4.31. The summed E-state index contributed by atoms with van der Waals surface area (Å²) in [5.74, 6) is 0.506. The second-order valence-electron chi connectivity index (χ2n) is 3.24. The Morgan fingerprint density at radius 2 is 2.07 bits per heavy atom. The lowest BCUT2D eigenvalue weighted by molar-refractivity contribution is 0.0526. The number of carbonyl (C=O) groups is 1. The van der Waals surface area contributed by atoms with Crippen LogP contribution < -0.4 is 0 Å². The molecule has 0 unspecified atom stereocenters. The number of esters is 1. The van der Waals surface area contributed by atoms with Crippen molar-refractivity contribution in [2.75, 3.05) is 13.2 Å². The number of rotatable bonds is 4. The van der Waals surface area contributed by atoms with E-state index in [1.165, 1.54) is 0 Å². The van der Waals surface area contributed by atoms with Gasteiger partial charge in [-0.15, -0.1) is 0 Å². The van der Waals surface area contributed by atoms with Crippen LogP contribution in [0.5, 0.6) is 0 Å². The second kappa shape index (κ2) is 5.51. The van der Waals surface area contributed by atoms with E-state index in [2.05, 4.69) is 0 Å². The molecule has 0 aliphatic carbocycles. The summed E-state index contributed by atoms with van der Waals surface area (Å²) in [6, 6.07) is 7.06. The van der Waals surface area contributed by atoms with E-state index in [0.717, 1.165) is 11.5 Å². The molecule has 0 saturated carbocycles. The molecule has 3 nitrogen and oxygen atoms in total. The molecule has 0 aliphatic rings. The van der Waals surface area contributed by atoms with Crippen molar-refractivity contribution in [3.63, 3.8) is 0 Å². The summed E-state index contributed by atoms with van der Waals surface area (Å²) in [6.45, 7) is 3.95. The maximum atomic E-state index is 11.4. The first kappa shape index (κ1) is 11.7. The van der Waals surface area contributed by atoms with Crippen molar-refractivity contribution in [3.05, 3.63) is 41.3 Å². The Hall–Kier alpha value is -1.35. The minimum atomic E-state index is -0.329. The lowest BCUT2D eigenvalue weighted by atomic mass is 10.00. The van der Waals surface area contributed by atoms with Crippen molar-refractivity contribution in [3.8, 4) is 0 Å². The quantitative estimate of drug-likeness (QED) is 0.766. The SMILES string of the molecule is CCOC(=O)c1cccc([C](C)CO)c1. The smallest absolute Gasteiger partial charge is 0.338 e. The third-order valence-corrected chi connectivity index (χ3v) is 2.10. The number of carbonyl (C=O) groups excluding carboxylic acids is 1. The summed E-state index contributed by atoms with van der Waals surface area (Å²) in [5, 5.41) is 8.97. The van der Waals surface area contributed by atoms with Crippen molar-refractivity contribution < 1.29 is 14.6 Å². The summed E-state index contributed by atoms with van der Waals surface area (Å²) < 4.78 is 4.89. The molecule has 0 aromatic heterocycles. The number of ether oxygens (including phenoxy) is 1. The maximum absolute atomic E-state index is 11.4. The first-order valence-electron chi connectivity index (χ1n) is 4.90. The van der Waals surface area contributed by atoms with Gasteiger partial charge in [0.1, 0.15) is 0 Å². The van der Waals surface area contributed by atoms with Crippen LogP contribution in [0, 0.1) is 5.92 Å². The molecule has 1 radical (unpaired) electrons. The number of benzene rings is 1. The van der Waals surface area contributed by atoms with Gasteiger partial charge in [-0.05, 0) is 24.6 Å². The fourth-order valence-electron chi connectivity index (χ4n) is 1.22. The van der Waals surface area contributed by atoms with E-state index in [0.29, 0.717) is 12.2 Å². The molecule has 0 amide bonds. The van der Waals surface area contributed by atoms with Crippen LogP contribution >= 0.6 is 0 Å². The largest absolute Gasteiger partial charge is 0.462 e. The topological polar surface area (TPSA) is 46.5 Å². The molecular weight excluding hydrogens is 192 g/mol. The van der Waals surface area contributed by atoms with Gasteiger partial charge in [0.15, 0.2) is 0 Å². The van der Waals surface area contributed by atoms with Gasteiger partial charge in [0.25, 0.3) is 0 Å². The standard InChI is InChI=1S/C12H15O3/c1-3-15-12(14)11-6-4-5-10(7-11)9(2)8-13/h4-7,13H,3,8H2,1-2H3. The first-order valence-corrected chi connectivity index (χ1v) is 4.90. The van der Waals surface area contributed by atoms with Gasteiger partial charge in [0.05, 0.1) is 18.8 Å². The zero-order chi connectivity index (χ0) is 11.3. The van der Waals surface area contributed by atoms with Crippen LogP contribution in [-0.2, 0) is 4.74 Å². The van der Waals surface area contributed by atoms with Crippen LogP contribution in [0.2, 0.25) is 0 Å². The molecule has 81 valence electrons. The molecule has 0 fully saturated rings. The third kappa shape index (κ3) is 3.06. The highest BCUT2D eigenvalue weighted by Gasteiger charge is 2.10. The van der Waals surface area contributed by atoms with Crippen molar-refractivity contribution in [1.29, 1.82) is 0 Å². The second-order valence-corrected chi connectivity index (χ2v) is 3.24. The number of hydrogen-bond acceptors (Lipinski definition) is 3. The van der Waals surface area contributed by atoms with E-state index in [4.69, 9.17) is 9.84 Å². The number of hydrogen-bond donors (Lipinski definition) is 1. The summed E-state index contributed by atoms with van der Waals surface area (Å²) in [5.41, 5.74) is 1.38. The molecule has 1 rings (SSSR count). The van der Waals surface area contributed by atoms with Gasteiger partial charge < -0.3 is 9.84 Å². The van der Waals surface area contributed by atoms with E-state index >= 15 is 0 Å². The monoisotopic (exact) mass is 207 g/mol. The van der Waals surface area contributed by atoms with Gasteiger partial charge in [-0.25, -0.2) is 4.79 Å². The molecule has 0 atom stereocenters. The van der Waals surface area contributed by atoms with Gasteiger partial charge >= 0.3 is 5.97 Å². The van der Waals surface area contributed by atoms with E-state index in [1.807, 2.05) is 13.0 Å². The number of aliphatic hydroxyl groups excluding tert-OH is 1. The minimum Gasteiger partial charge on any atom is -0.462 e. The first-order chi connectivity index (χ1) is 7.19. The zero-order valence-corrected chi connectivity index (χ0v) is 8.99. The van der Waals surface area contributed by atoms with Crippen LogP contribution in [0.1, 0.15) is 29.8 Å².